The van der Waals surface area contributed by atoms with E-state index in [0.29, 0.717) is 13.2 Å². The fourth-order valence-corrected chi connectivity index (χ4v) is 1.59. The van der Waals surface area contributed by atoms with E-state index in [1.165, 1.54) is 5.56 Å². The second-order valence-electron chi connectivity index (χ2n) is 4.20. The van der Waals surface area contributed by atoms with E-state index in [-0.39, 0.29) is 5.78 Å². The van der Waals surface area contributed by atoms with Crippen molar-refractivity contribution in [1.29, 1.82) is 0 Å². The van der Waals surface area contributed by atoms with E-state index in [1.54, 1.807) is 7.11 Å². The van der Waals surface area contributed by atoms with Crippen molar-refractivity contribution in [3.8, 4) is 0 Å². The Balaban J connectivity index is 2.51. The maximum Gasteiger partial charge on any atom is 0.176 e. The van der Waals surface area contributed by atoms with E-state index in [0.717, 1.165) is 18.5 Å². The summed E-state index contributed by atoms with van der Waals surface area (Å²) in [4.78, 5) is 13.9. The first-order valence-electron chi connectivity index (χ1n) is 5.97. The van der Waals surface area contributed by atoms with Gasteiger partial charge in [0.05, 0.1) is 13.2 Å². The SMILES string of the molecule is CCc1ccc(C(=O)CN(C)CCOC)cc1. The van der Waals surface area contributed by atoms with E-state index in [2.05, 4.69) is 6.92 Å². The lowest BCUT2D eigenvalue weighted by Crippen LogP contribution is -2.29. The Morgan fingerprint density at radius 1 is 1.29 bits per heavy atom. The zero-order valence-corrected chi connectivity index (χ0v) is 10.9. The fraction of sp³-hybridized carbons (Fsp3) is 0.500. The number of likely N-dealkylation sites (N-methyl/N-ethyl adjacent to an activating group) is 1. The van der Waals surface area contributed by atoms with Crippen LogP contribution in [-0.4, -0.2) is 44.5 Å². The number of methoxy groups -OCH3 is 1. The Morgan fingerprint density at radius 3 is 2.47 bits per heavy atom. The highest BCUT2D eigenvalue weighted by molar-refractivity contribution is 5.97. The van der Waals surface area contributed by atoms with E-state index in [9.17, 15) is 4.79 Å². The Kier molecular flexibility index (Phi) is 5.87. The summed E-state index contributed by atoms with van der Waals surface area (Å²) >= 11 is 0. The Labute approximate surface area is 103 Å². The number of nitrogens with zero attached hydrogens (tertiary/aromatic N) is 1. The monoisotopic (exact) mass is 235 g/mol. The number of hydrogen-bond acceptors (Lipinski definition) is 3. The molecule has 0 N–H and O–H groups in total. The predicted octanol–water partition coefficient (Wildman–Crippen LogP) is 2.01. The van der Waals surface area contributed by atoms with Gasteiger partial charge in [0.25, 0.3) is 0 Å². The summed E-state index contributed by atoms with van der Waals surface area (Å²) in [6.07, 6.45) is 1.00. The van der Waals surface area contributed by atoms with Gasteiger partial charge in [0.15, 0.2) is 5.78 Å². The first-order valence-corrected chi connectivity index (χ1v) is 5.97. The Bertz CT molecular complexity index is 346. The third-order valence-electron chi connectivity index (χ3n) is 2.77. The van der Waals surface area contributed by atoms with Crippen LogP contribution in [0.5, 0.6) is 0 Å². The molecule has 17 heavy (non-hydrogen) atoms. The van der Waals surface area contributed by atoms with Gasteiger partial charge in [-0.05, 0) is 19.0 Å². The van der Waals surface area contributed by atoms with Gasteiger partial charge < -0.3 is 4.74 Å². The fourth-order valence-electron chi connectivity index (χ4n) is 1.59. The van der Waals surface area contributed by atoms with Crippen LogP contribution in [0, 0.1) is 0 Å². The smallest absolute Gasteiger partial charge is 0.176 e. The van der Waals surface area contributed by atoms with Crippen molar-refractivity contribution in [2.75, 3.05) is 33.9 Å². The van der Waals surface area contributed by atoms with Gasteiger partial charge >= 0.3 is 0 Å². The molecule has 3 nitrogen and oxygen atoms in total. The normalized spacial score (nSPS) is 10.8. The highest BCUT2D eigenvalue weighted by Crippen LogP contribution is 2.06. The van der Waals surface area contributed by atoms with Gasteiger partial charge in [0.2, 0.25) is 0 Å². The van der Waals surface area contributed by atoms with Crippen LogP contribution < -0.4 is 0 Å². The van der Waals surface area contributed by atoms with E-state index < -0.39 is 0 Å². The largest absolute Gasteiger partial charge is 0.383 e. The standard InChI is InChI=1S/C14H21NO2/c1-4-12-5-7-13(8-6-12)14(16)11-15(2)9-10-17-3/h5-8H,4,9-11H2,1-3H3. The highest BCUT2D eigenvalue weighted by Gasteiger charge is 2.08. The van der Waals surface area contributed by atoms with Gasteiger partial charge in [-0.25, -0.2) is 0 Å². The van der Waals surface area contributed by atoms with Gasteiger partial charge in [-0.3, -0.25) is 9.69 Å². The van der Waals surface area contributed by atoms with Crippen molar-refractivity contribution in [3.63, 3.8) is 0 Å². The van der Waals surface area contributed by atoms with Crippen LogP contribution in [0.2, 0.25) is 0 Å². The molecule has 0 aliphatic carbocycles. The Hall–Kier alpha value is -1.19. The molecule has 0 aromatic heterocycles. The lowest BCUT2D eigenvalue weighted by atomic mass is 10.1. The summed E-state index contributed by atoms with van der Waals surface area (Å²) in [5.41, 5.74) is 2.04. The maximum atomic E-state index is 11.9. The van der Waals surface area contributed by atoms with Crippen LogP contribution in [0.3, 0.4) is 0 Å². The molecular formula is C14H21NO2. The Morgan fingerprint density at radius 2 is 1.94 bits per heavy atom. The van der Waals surface area contributed by atoms with Crippen LogP contribution in [0.15, 0.2) is 24.3 Å². The minimum Gasteiger partial charge on any atom is -0.383 e. The highest BCUT2D eigenvalue weighted by atomic mass is 16.5. The summed E-state index contributed by atoms with van der Waals surface area (Å²) in [6, 6.07) is 7.85. The zero-order chi connectivity index (χ0) is 12.7. The van der Waals surface area contributed by atoms with Gasteiger partial charge in [0, 0.05) is 19.2 Å². The van der Waals surface area contributed by atoms with E-state index in [1.807, 2.05) is 36.2 Å². The summed E-state index contributed by atoms with van der Waals surface area (Å²) < 4.78 is 4.98. The number of Topliss-reactive ketones (excluding diaryl/α,β-unsaturated/α-hetero) is 1. The third-order valence-corrected chi connectivity index (χ3v) is 2.77. The molecule has 0 heterocycles. The molecule has 0 amide bonds. The molecule has 3 heteroatoms. The van der Waals surface area contributed by atoms with Crippen molar-refractivity contribution in [3.05, 3.63) is 35.4 Å². The van der Waals surface area contributed by atoms with Crippen LogP contribution in [0.25, 0.3) is 0 Å². The zero-order valence-electron chi connectivity index (χ0n) is 10.9. The summed E-state index contributed by atoms with van der Waals surface area (Å²) in [5, 5.41) is 0. The number of carbonyl (C=O) groups is 1. The number of ketones is 1. The maximum absolute atomic E-state index is 11.9. The number of rotatable bonds is 7. The number of aryl methyl sites for hydroxylation is 1. The molecule has 0 spiro atoms. The second kappa shape index (κ2) is 7.20. The first-order chi connectivity index (χ1) is 8.17. The molecule has 0 bridgehead atoms. The van der Waals surface area contributed by atoms with Gasteiger partial charge in [0.1, 0.15) is 0 Å². The number of hydrogen-bond donors (Lipinski definition) is 0. The molecule has 0 aliphatic rings. The van der Waals surface area contributed by atoms with Crippen molar-refractivity contribution >= 4 is 5.78 Å². The molecule has 0 saturated carbocycles. The van der Waals surface area contributed by atoms with Crippen molar-refractivity contribution < 1.29 is 9.53 Å². The minimum atomic E-state index is 0.159. The molecule has 0 unspecified atom stereocenters. The van der Waals surface area contributed by atoms with E-state index in [4.69, 9.17) is 4.74 Å². The van der Waals surface area contributed by atoms with Crippen LogP contribution in [-0.2, 0) is 11.2 Å². The molecule has 94 valence electrons. The molecule has 1 rings (SSSR count). The van der Waals surface area contributed by atoms with Crippen molar-refractivity contribution in [2.45, 2.75) is 13.3 Å². The van der Waals surface area contributed by atoms with Gasteiger partial charge in [-0.1, -0.05) is 31.2 Å². The lowest BCUT2D eigenvalue weighted by Gasteiger charge is -2.14. The van der Waals surface area contributed by atoms with Crippen molar-refractivity contribution in [1.82, 2.24) is 4.90 Å². The molecule has 0 saturated heterocycles. The van der Waals surface area contributed by atoms with Crippen molar-refractivity contribution in [2.24, 2.45) is 0 Å². The first kappa shape index (κ1) is 13.9. The number of carbonyl (C=O) groups excluding carboxylic acids is 1. The molecular weight excluding hydrogens is 214 g/mol. The molecule has 1 aromatic rings. The van der Waals surface area contributed by atoms with Crippen LogP contribution in [0.1, 0.15) is 22.8 Å². The summed E-state index contributed by atoms with van der Waals surface area (Å²) in [6.45, 7) is 3.97. The quantitative estimate of drug-likeness (QED) is 0.677. The average molecular weight is 235 g/mol. The summed E-state index contributed by atoms with van der Waals surface area (Å²) in [5.74, 6) is 0.159. The average Bonchev–Trinajstić information content (AvgIpc) is 2.36. The number of ether oxygens (including phenoxy) is 1. The summed E-state index contributed by atoms with van der Waals surface area (Å²) in [7, 11) is 3.59. The molecule has 1 aromatic carbocycles. The molecule has 0 atom stereocenters. The van der Waals surface area contributed by atoms with E-state index >= 15 is 0 Å². The molecule has 0 aliphatic heterocycles. The van der Waals surface area contributed by atoms with Crippen LogP contribution in [0.4, 0.5) is 0 Å². The minimum absolute atomic E-state index is 0.159. The predicted molar refractivity (Wildman–Crippen MR) is 69.5 cm³/mol. The third kappa shape index (κ3) is 4.67. The molecule has 0 fully saturated rings. The van der Waals surface area contributed by atoms with Crippen LogP contribution >= 0.6 is 0 Å². The van der Waals surface area contributed by atoms with Gasteiger partial charge in [-0.2, -0.15) is 0 Å². The second-order valence-corrected chi connectivity index (χ2v) is 4.20. The van der Waals surface area contributed by atoms with Gasteiger partial charge in [-0.15, -0.1) is 0 Å². The number of benzene rings is 1. The lowest BCUT2D eigenvalue weighted by molar-refractivity contribution is 0.0922. The topological polar surface area (TPSA) is 29.5 Å². The molecule has 0 radical (unpaired) electrons.